The standard InChI is InChI=1S/C37H44FN3O4.C35H37FN4O5S2.C35H37FN4O4/c1-35-19-24-21-39-41(28-13-10-26(38)11-14-28)31(24)18-25(35)9-15-29-30-16-17-37(45,36(30,2)20-32(43)33(29)35)34(44)40-27(22-42)12-8-23-6-4-3-5-7-23;1-33-16-19-18-37-40(22-7-5-21(36)6-8-22)27(19)14-20(33)4-10-24-25-12-13-35(43,34(25,2)17-28(41)30(24)33)31(42)39-32-38-26-11-9-23(47(3,44)45)15-29(26)46-32;1-33-16-20-18-38-40(23-10-8-22(36)9-11-23)27(20)15-21(33)7-12-24-25-13-14-35(43,34(25,2)17-28(41)31(24)33)32(42)37-19-30-39-26-5-3-4-6-29(26)44-30/h3-7,10-11,13-14,18,21,27,29-30,32-33,42-43,45H,8-9,12,15-17,19-20,22H2,1-2H3,(H,40,44);5-9,11,14-15,18,24-25,28,30,41,43H,4,10,12-13,16-17H2,1-3H3,(H,38,39,42);3-6,8-11,15,18,24-25,28,31,41,43H,7,12-14,16-17,19H2,1-2H3,(H,37,42)/t27-,29?,30?,32-,33?,35?,36?,37-;24?,25?,28-,30?,33?,34?,35-;24?,25?,28-,31?,33?,34?,35-/m000/s1. The lowest BCUT2D eigenvalue weighted by molar-refractivity contribution is -0.181. The van der Waals surface area contributed by atoms with Gasteiger partial charge in [0.25, 0.3) is 17.7 Å². The molecule has 136 heavy (non-hydrogen) atoms. The van der Waals surface area contributed by atoms with Crippen molar-refractivity contribution in [3.8, 4) is 17.1 Å². The molecule has 23 rings (SSSR count). The van der Waals surface area contributed by atoms with E-state index in [-0.39, 0.29) is 111 Å². The third kappa shape index (κ3) is 14.7. The van der Waals surface area contributed by atoms with E-state index in [4.69, 9.17) is 4.42 Å². The number of nitrogens with one attached hydrogen (secondary N) is 3. The maximum atomic E-state index is 13.9. The van der Waals surface area contributed by atoms with Crippen molar-refractivity contribution in [1.29, 1.82) is 0 Å². The molecule has 9 fully saturated rings. The molecule has 0 saturated heterocycles. The van der Waals surface area contributed by atoms with E-state index in [1.807, 2.05) is 108 Å². The molecule has 11 aromatic rings. The largest absolute Gasteiger partial charge is 0.439 e. The molecule has 0 spiro atoms. The SMILES string of the molecule is CC12Cc3cnn(-c4ccc(F)cc4)c3C=C1CCC1C2[C@@H](O)CC2(C)C1CC[C@]2(O)C(=O)NCc1nc2ccccc2o1.CC12Cc3cnn(-c4ccc(F)cc4)c3C=C1CCC1C2[C@@H](O)CC2(C)C1CC[C@]2(O)C(=O)N[C@H](CO)CCc1ccccc1.CC12Cc3cnn(-c4ccc(F)cc4)c3C=C1CCC1C2[C@@H](O)CC2(C)C1CC[C@]2(O)C(=O)Nc1nc2ccc(S(C)(=O)=O)cc2s1. The summed E-state index contributed by atoms with van der Waals surface area (Å²) in [5.74, 6) is -1.16. The van der Waals surface area contributed by atoms with Gasteiger partial charge in [-0.3, -0.25) is 19.7 Å². The van der Waals surface area contributed by atoms with Gasteiger partial charge in [-0.25, -0.2) is 45.6 Å². The fraction of sp³-hybridized carbons (Fsp3) is 0.477. The lowest BCUT2D eigenvalue weighted by atomic mass is 9.45. The highest BCUT2D eigenvalue weighted by Crippen LogP contribution is 2.72. The van der Waals surface area contributed by atoms with Crippen LogP contribution in [-0.4, -0.2) is 155 Å². The van der Waals surface area contributed by atoms with Crippen molar-refractivity contribution in [2.24, 2.45) is 85.8 Å². The van der Waals surface area contributed by atoms with E-state index >= 15 is 0 Å². The number of hydrogen-bond donors (Lipinski definition) is 10. The number of thiazole rings is 1. The van der Waals surface area contributed by atoms with Gasteiger partial charge in [-0.15, -0.1) is 0 Å². The summed E-state index contributed by atoms with van der Waals surface area (Å²) in [4.78, 5) is 50.6. The molecule has 12 aliphatic rings. The Hall–Kier alpha value is -10.6. The first kappa shape index (κ1) is 91.8. The van der Waals surface area contributed by atoms with Crippen LogP contribution in [0.1, 0.15) is 190 Å². The maximum Gasteiger partial charge on any atom is 0.258 e. The topological polar surface area (TPSA) is 355 Å². The van der Waals surface area contributed by atoms with E-state index in [0.29, 0.717) is 78.2 Å². The number of hydrogen-bond acceptors (Lipinski definition) is 19. The van der Waals surface area contributed by atoms with Gasteiger partial charge in [-0.05, 0) is 342 Å². The molecule has 10 N–H and O–H groups in total. The minimum atomic E-state index is -3.40. The van der Waals surface area contributed by atoms with Crippen LogP contribution >= 0.6 is 11.3 Å². The average Bonchev–Trinajstić information content (AvgIpc) is 1.20. The molecule has 24 nitrogen and oxygen atoms in total. The highest BCUT2D eigenvalue weighted by atomic mass is 32.2. The molecule has 15 unspecified atom stereocenters. The molecule has 12 aliphatic carbocycles. The monoisotopic (exact) mass is 1890 g/mol. The molecule has 22 atom stereocenters. The summed E-state index contributed by atoms with van der Waals surface area (Å²) < 4.78 is 76.9. The molecule has 6 aromatic carbocycles. The zero-order valence-electron chi connectivity index (χ0n) is 77.5. The van der Waals surface area contributed by atoms with Crippen LogP contribution in [0.3, 0.4) is 0 Å². The molecule has 5 heterocycles. The van der Waals surface area contributed by atoms with Crippen LogP contribution in [0.2, 0.25) is 0 Å². The number of halogens is 3. The number of para-hydroxylation sites is 2. The van der Waals surface area contributed by atoms with Crippen molar-refractivity contribution >= 4 is 83.6 Å². The van der Waals surface area contributed by atoms with Gasteiger partial charge in [-0.1, -0.05) is 112 Å². The van der Waals surface area contributed by atoms with Crippen molar-refractivity contribution in [3.63, 3.8) is 0 Å². The second-order valence-corrected chi connectivity index (χ2v) is 45.9. The number of carbonyl (C=O) groups excluding carboxylic acids is 3. The van der Waals surface area contributed by atoms with Crippen LogP contribution in [0.25, 0.3) is 56.6 Å². The van der Waals surface area contributed by atoms with Crippen LogP contribution in [0, 0.1) is 103 Å². The minimum absolute atomic E-state index is 0.000583. The fourth-order valence-corrected chi connectivity index (χ4v) is 30.9. The number of aliphatic hydroxyl groups is 7. The summed E-state index contributed by atoms with van der Waals surface area (Å²) in [6.45, 7) is 12.6. The number of aromatic nitrogens is 8. The molecule has 0 bridgehead atoms. The number of aliphatic hydroxyl groups excluding tert-OH is 4. The summed E-state index contributed by atoms with van der Waals surface area (Å²) in [5, 5.41) is 105. The first-order valence-corrected chi connectivity index (χ1v) is 50.9. The van der Waals surface area contributed by atoms with Crippen molar-refractivity contribution in [2.45, 2.75) is 223 Å². The number of amides is 3. The molecular formula is C107H118F3N11O13S2. The van der Waals surface area contributed by atoms with Crippen molar-refractivity contribution in [2.75, 3.05) is 18.2 Å². The van der Waals surface area contributed by atoms with Crippen LogP contribution in [0.15, 0.2) is 190 Å². The Kier molecular flexibility index (Phi) is 22.7. The van der Waals surface area contributed by atoms with Crippen LogP contribution in [0.5, 0.6) is 0 Å². The van der Waals surface area contributed by atoms with Gasteiger partial charge in [0.15, 0.2) is 20.6 Å². The second kappa shape index (κ2) is 33.6. The number of allylic oxidation sites excluding steroid dienone is 3. The van der Waals surface area contributed by atoms with Crippen LogP contribution in [0.4, 0.5) is 18.3 Å². The maximum absolute atomic E-state index is 13.9. The quantitative estimate of drug-likeness (QED) is 0.0456. The predicted molar refractivity (Wildman–Crippen MR) is 509 cm³/mol. The molecule has 29 heteroatoms. The molecule has 5 aromatic heterocycles. The summed E-state index contributed by atoms with van der Waals surface area (Å²) >= 11 is 1.17. The van der Waals surface area contributed by atoms with Gasteiger partial charge in [0.1, 0.15) is 39.8 Å². The van der Waals surface area contributed by atoms with Gasteiger partial charge >= 0.3 is 0 Å². The van der Waals surface area contributed by atoms with Gasteiger partial charge in [0.05, 0.1) is 105 Å². The Labute approximate surface area is 792 Å². The molecule has 0 radical (unpaired) electrons. The number of oxazole rings is 1. The first-order chi connectivity index (χ1) is 64.9. The minimum Gasteiger partial charge on any atom is -0.439 e. The number of nitrogens with zero attached hydrogens (tertiary/aromatic N) is 8. The summed E-state index contributed by atoms with van der Waals surface area (Å²) in [7, 11) is -3.40. The van der Waals surface area contributed by atoms with Gasteiger partial charge < -0.3 is 50.8 Å². The van der Waals surface area contributed by atoms with E-state index in [1.165, 1.54) is 70.5 Å². The predicted octanol–water partition coefficient (Wildman–Crippen LogP) is 15.9. The zero-order chi connectivity index (χ0) is 95.1. The Morgan fingerprint density at radius 3 is 1.35 bits per heavy atom. The lowest BCUT2D eigenvalue weighted by Gasteiger charge is -2.60. The zero-order valence-corrected chi connectivity index (χ0v) is 79.1. The summed E-state index contributed by atoms with van der Waals surface area (Å²) in [6, 6.07) is 40.7. The van der Waals surface area contributed by atoms with Crippen molar-refractivity contribution in [3.05, 3.63) is 244 Å². The van der Waals surface area contributed by atoms with E-state index in [2.05, 4.69) is 80.2 Å². The summed E-state index contributed by atoms with van der Waals surface area (Å²) in [6.07, 6.45) is 24.3. The highest BCUT2D eigenvalue weighted by molar-refractivity contribution is 7.90. The Bertz CT molecular complexity index is 6740. The van der Waals surface area contributed by atoms with Gasteiger partial charge in [-0.2, -0.15) is 15.3 Å². The Balaban J connectivity index is 0.000000122. The van der Waals surface area contributed by atoms with E-state index in [1.54, 1.807) is 48.5 Å². The fourth-order valence-electron chi connectivity index (χ4n) is 29.2. The van der Waals surface area contributed by atoms with Gasteiger partial charge in [0.2, 0.25) is 5.89 Å². The molecular weight excluding hydrogens is 1770 g/mol. The number of benzene rings is 6. The Morgan fingerprint density at radius 2 is 0.926 bits per heavy atom. The highest BCUT2D eigenvalue weighted by Gasteiger charge is 2.73. The lowest BCUT2D eigenvalue weighted by Crippen LogP contribution is -2.64. The Morgan fingerprint density at radius 1 is 0.515 bits per heavy atom. The normalized spacial score (nSPS) is 33.7. The number of aryl methyl sites for hydroxylation is 1. The number of carbonyl (C=O) groups is 3. The average molecular weight is 1890 g/mol. The van der Waals surface area contributed by atoms with Crippen LogP contribution < -0.4 is 16.0 Å². The number of fused-ring (bicyclic) bond motifs is 20. The van der Waals surface area contributed by atoms with Crippen LogP contribution in [-0.2, 0) is 56.4 Å². The second-order valence-electron chi connectivity index (χ2n) is 42.9. The molecule has 712 valence electrons. The van der Waals surface area contributed by atoms with E-state index in [9.17, 15) is 71.7 Å². The number of rotatable bonds is 15. The third-order valence-corrected chi connectivity index (χ3v) is 38.0. The molecule has 9 saturated carbocycles. The molecule has 0 aliphatic heterocycles. The van der Waals surface area contributed by atoms with Crippen molar-refractivity contribution < 1.29 is 76.1 Å². The number of anilines is 1. The molecule has 3 amide bonds. The third-order valence-electron chi connectivity index (χ3n) is 36.0. The van der Waals surface area contributed by atoms with E-state index < -0.39 is 85.0 Å². The van der Waals surface area contributed by atoms with E-state index in [0.717, 1.165) is 139 Å². The number of sulfone groups is 1. The van der Waals surface area contributed by atoms with Gasteiger partial charge in [0, 0.05) is 22.5 Å². The smallest absolute Gasteiger partial charge is 0.258 e. The van der Waals surface area contributed by atoms with Crippen molar-refractivity contribution in [1.82, 2.24) is 49.9 Å². The summed E-state index contributed by atoms with van der Waals surface area (Å²) in [5.41, 5.74) is 7.60. The first-order valence-electron chi connectivity index (χ1n) is 48.2.